The number of nitrogens with one attached hydrogen (secondary N) is 2. The summed E-state index contributed by atoms with van der Waals surface area (Å²) in [4.78, 5) is 53.1. The average molecular weight is 561 g/mol. The molecule has 0 aliphatic rings. The summed E-state index contributed by atoms with van der Waals surface area (Å²) in [5.41, 5.74) is 6.21. The number of aryl methyl sites for hydroxylation is 2. The van der Waals surface area contributed by atoms with Crippen LogP contribution in [0, 0.1) is 13.8 Å². The van der Waals surface area contributed by atoms with Crippen LogP contribution in [-0.4, -0.2) is 52.0 Å². The van der Waals surface area contributed by atoms with Crippen molar-refractivity contribution < 1.29 is 29.0 Å². The highest BCUT2D eigenvalue weighted by molar-refractivity contribution is 6.34. The SMILES string of the molecule is CCN(C(=O)C(CCC(N)=O)NC(=O)OC(C)(C)C)C(C(=O)Nc1c(C)cccc1Cl)c1cccc(C)c1O. The second-order valence-corrected chi connectivity index (χ2v) is 10.6. The maximum atomic E-state index is 13.9. The lowest BCUT2D eigenvalue weighted by Crippen LogP contribution is -2.52. The molecule has 10 nitrogen and oxygen atoms in total. The van der Waals surface area contributed by atoms with Crippen molar-refractivity contribution in [2.24, 2.45) is 5.73 Å². The number of aromatic hydroxyl groups is 1. The van der Waals surface area contributed by atoms with Crippen LogP contribution in [0.4, 0.5) is 10.5 Å². The van der Waals surface area contributed by atoms with Gasteiger partial charge in [0, 0.05) is 18.5 Å². The lowest BCUT2D eigenvalue weighted by atomic mass is 9.98. The second kappa shape index (κ2) is 13.3. The minimum Gasteiger partial charge on any atom is -0.507 e. The van der Waals surface area contributed by atoms with E-state index in [-0.39, 0.29) is 30.7 Å². The maximum absolute atomic E-state index is 13.9. The van der Waals surface area contributed by atoms with Crippen molar-refractivity contribution in [1.29, 1.82) is 0 Å². The number of phenolic OH excluding ortho intramolecular Hbond substituents is 1. The molecule has 0 aliphatic carbocycles. The predicted molar refractivity (Wildman–Crippen MR) is 149 cm³/mol. The van der Waals surface area contributed by atoms with E-state index in [1.165, 1.54) is 4.90 Å². The number of para-hydroxylation sites is 2. The molecule has 11 heteroatoms. The zero-order valence-corrected chi connectivity index (χ0v) is 23.9. The molecule has 5 N–H and O–H groups in total. The average Bonchev–Trinajstić information content (AvgIpc) is 2.83. The Balaban J connectivity index is 2.56. The normalized spacial score (nSPS) is 12.7. The molecule has 0 saturated heterocycles. The summed E-state index contributed by atoms with van der Waals surface area (Å²) in [7, 11) is 0. The van der Waals surface area contributed by atoms with Gasteiger partial charge in [-0.25, -0.2) is 4.79 Å². The Morgan fingerprint density at radius 3 is 2.26 bits per heavy atom. The fourth-order valence-electron chi connectivity index (χ4n) is 3.99. The predicted octanol–water partition coefficient (Wildman–Crippen LogP) is 4.35. The quantitative estimate of drug-likeness (QED) is 0.339. The summed E-state index contributed by atoms with van der Waals surface area (Å²) in [5, 5.41) is 16.5. The largest absolute Gasteiger partial charge is 0.507 e. The highest BCUT2D eigenvalue weighted by Gasteiger charge is 2.37. The first-order valence-electron chi connectivity index (χ1n) is 12.6. The molecule has 0 bridgehead atoms. The fraction of sp³-hybridized carbons (Fsp3) is 0.429. The van der Waals surface area contributed by atoms with Gasteiger partial charge in [0.25, 0.3) is 5.91 Å². The molecule has 4 amide bonds. The molecule has 39 heavy (non-hydrogen) atoms. The third kappa shape index (κ3) is 8.61. The van der Waals surface area contributed by atoms with Gasteiger partial charge in [-0.15, -0.1) is 0 Å². The lowest BCUT2D eigenvalue weighted by Gasteiger charge is -2.34. The Bertz CT molecular complexity index is 1210. The van der Waals surface area contributed by atoms with E-state index in [9.17, 15) is 24.3 Å². The van der Waals surface area contributed by atoms with Gasteiger partial charge in [0.2, 0.25) is 11.8 Å². The van der Waals surface area contributed by atoms with Gasteiger partial charge in [-0.1, -0.05) is 41.9 Å². The number of hydrogen-bond donors (Lipinski definition) is 4. The number of alkyl carbamates (subject to hydrolysis) is 1. The number of likely N-dealkylation sites (N-methyl/N-ethyl adjacent to an activating group) is 1. The van der Waals surface area contributed by atoms with Gasteiger partial charge < -0.3 is 31.1 Å². The van der Waals surface area contributed by atoms with Crippen molar-refractivity contribution in [3.8, 4) is 5.75 Å². The Labute approximate surface area is 233 Å². The molecule has 0 aromatic heterocycles. The molecular weight excluding hydrogens is 524 g/mol. The zero-order chi connectivity index (χ0) is 29.5. The number of hydrogen-bond acceptors (Lipinski definition) is 6. The van der Waals surface area contributed by atoms with Crippen LogP contribution in [0.15, 0.2) is 36.4 Å². The molecule has 0 saturated carbocycles. The highest BCUT2D eigenvalue weighted by atomic mass is 35.5. The number of carbonyl (C=O) groups is 4. The summed E-state index contributed by atoms with van der Waals surface area (Å²) in [6.07, 6.45) is -1.19. The summed E-state index contributed by atoms with van der Waals surface area (Å²) in [6.45, 7) is 10.1. The van der Waals surface area contributed by atoms with Crippen LogP contribution in [0.25, 0.3) is 0 Å². The molecule has 2 rings (SSSR count). The highest BCUT2D eigenvalue weighted by Crippen LogP contribution is 2.34. The standard InChI is InChI=1S/C28H37ClN4O6/c1-7-33(26(37)20(14-15-21(30)34)31-27(38)39-28(4,5)6)23(18-12-8-11-17(3)24(18)35)25(36)32-22-16(2)10-9-13-19(22)29/h8-13,20,23,35H,7,14-15H2,1-6H3,(H2,30,34)(H,31,38)(H,32,36). The molecule has 0 aliphatic heterocycles. The van der Waals surface area contributed by atoms with Gasteiger partial charge >= 0.3 is 6.09 Å². The second-order valence-electron chi connectivity index (χ2n) is 10.2. The first-order chi connectivity index (χ1) is 18.2. The van der Waals surface area contributed by atoms with Gasteiger partial charge in [0.1, 0.15) is 23.4 Å². The smallest absolute Gasteiger partial charge is 0.408 e. The summed E-state index contributed by atoms with van der Waals surface area (Å²) < 4.78 is 5.30. The molecule has 2 aromatic rings. The van der Waals surface area contributed by atoms with Crippen LogP contribution in [0.2, 0.25) is 5.02 Å². The molecule has 0 fully saturated rings. The van der Waals surface area contributed by atoms with Crippen LogP contribution in [0.5, 0.6) is 5.75 Å². The van der Waals surface area contributed by atoms with Crippen LogP contribution < -0.4 is 16.4 Å². The third-order valence-electron chi connectivity index (χ3n) is 5.89. The van der Waals surface area contributed by atoms with E-state index in [2.05, 4.69) is 10.6 Å². The van der Waals surface area contributed by atoms with Crippen molar-refractivity contribution in [2.75, 3.05) is 11.9 Å². The number of phenols is 1. The van der Waals surface area contributed by atoms with Gasteiger partial charge in [0.15, 0.2) is 0 Å². The number of halogens is 1. The molecule has 0 heterocycles. The molecule has 212 valence electrons. The van der Waals surface area contributed by atoms with Crippen molar-refractivity contribution in [3.63, 3.8) is 0 Å². The summed E-state index contributed by atoms with van der Waals surface area (Å²) in [5.74, 6) is -2.12. The number of rotatable bonds is 10. The minimum absolute atomic E-state index is 0.0227. The molecule has 2 atom stereocenters. The van der Waals surface area contributed by atoms with Gasteiger partial charge in [-0.05, 0) is 65.2 Å². The van der Waals surface area contributed by atoms with Gasteiger partial charge in [-0.3, -0.25) is 14.4 Å². The Morgan fingerprint density at radius 2 is 1.69 bits per heavy atom. The third-order valence-corrected chi connectivity index (χ3v) is 6.20. The summed E-state index contributed by atoms with van der Waals surface area (Å²) in [6, 6.07) is 7.46. The summed E-state index contributed by atoms with van der Waals surface area (Å²) >= 11 is 6.34. The number of nitrogens with two attached hydrogens (primary N) is 1. The Hall–Kier alpha value is -3.79. The maximum Gasteiger partial charge on any atom is 0.408 e. The van der Waals surface area contributed by atoms with E-state index in [0.29, 0.717) is 21.8 Å². The van der Waals surface area contributed by atoms with Gasteiger partial charge in [-0.2, -0.15) is 0 Å². The van der Waals surface area contributed by atoms with Crippen molar-refractivity contribution in [1.82, 2.24) is 10.2 Å². The zero-order valence-electron chi connectivity index (χ0n) is 23.1. The number of primary amides is 1. The van der Waals surface area contributed by atoms with Crippen molar-refractivity contribution in [2.45, 2.75) is 72.1 Å². The topological polar surface area (TPSA) is 151 Å². The molecular formula is C28H37ClN4O6. The van der Waals surface area contributed by atoms with Crippen molar-refractivity contribution >= 4 is 41.1 Å². The number of amides is 4. The fourth-order valence-corrected chi connectivity index (χ4v) is 4.26. The Morgan fingerprint density at radius 1 is 1.08 bits per heavy atom. The Kier molecular flexibility index (Phi) is 10.7. The number of benzene rings is 2. The minimum atomic E-state index is -1.31. The van der Waals surface area contributed by atoms with E-state index in [1.807, 2.05) is 0 Å². The number of anilines is 1. The molecule has 2 unspecified atom stereocenters. The van der Waals surface area contributed by atoms with E-state index in [0.717, 1.165) is 0 Å². The van der Waals surface area contributed by atoms with Crippen LogP contribution >= 0.6 is 11.6 Å². The van der Waals surface area contributed by atoms with Crippen molar-refractivity contribution in [3.05, 3.63) is 58.1 Å². The molecule has 0 spiro atoms. The van der Waals surface area contributed by atoms with Crippen LogP contribution in [0.1, 0.15) is 63.3 Å². The van der Waals surface area contributed by atoms with Crippen LogP contribution in [0.3, 0.4) is 0 Å². The van der Waals surface area contributed by atoms with E-state index >= 15 is 0 Å². The number of ether oxygens (including phenoxy) is 1. The number of carbonyl (C=O) groups excluding carboxylic acids is 4. The van der Waals surface area contributed by atoms with E-state index in [1.54, 1.807) is 77.9 Å². The van der Waals surface area contributed by atoms with Crippen LogP contribution in [-0.2, 0) is 19.1 Å². The first kappa shape index (κ1) is 31.4. The molecule has 2 aromatic carbocycles. The molecule has 0 radical (unpaired) electrons. The van der Waals surface area contributed by atoms with Gasteiger partial charge in [0.05, 0.1) is 10.7 Å². The van der Waals surface area contributed by atoms with E-state index in [4.69, 9.17) is 22.1 Å². The number of nitrogens with zero attached hydrogens (tertiary/aromatic N) is 1. The van der Waals surface area contributed by atoms with E-state index < -0.39 is 41.5 Å². The lowest BCUT2D eigenvalue weighted by molar-refractivity contribution is -0.140. The monoisotopic (exact) mass is 560 g/mol. The first-order valence-corrected chi connectivity index (χ1v) is 13.0.